The zero-order chi connectivity index (χ0) is 10.6. The first-order valence-corrected chi connectivity index (χ1v) is 6.36. The fourth-order valence-electron chi connectivity index (χ4n) is 1.35. The molecule has 1 saturated carbocycles. The maximum atomic E-state index is 11.5. The van der Waals surface area contributed by atoms with Crippen molar-refractivity contribution in [2.75, 3.05) is 12.4 Å². The molecule has 1 rings (SSSR count). The molecule has 2 nitrogen and oxygen atoms in total. The molecule has 0 aliphatic heterocycles. The highest BCUT2D eigenvalue weighted by Crippen LogP contribution is 2.35. The maximum absolute atomic E-state index is 11.5. The molecule has 0 aromatic rings. The summed E-state index contributed by atoms with van der Waals surface area (Å²) in [6, 6.07) is 0. The van der Waals surface area contributed by atoms with E-state index in [-0.39, 0.29) is 10.7 Å². The maximum Gasteiger partial charge on any atom is 0.321 e. The van der Waals surface area contributed by atoms with Crippen LogP contribution in [0.1, 0.15) is 40.0 Å². The van der Waals surface area contributed by atoms with Crippen LogP contribution < -0.4 is 0 Å². The van der Waals surface area contributed by atoms with Gasteiger partial charge in [0.25, 0.3) is 0 Å². The standard InChI is InChI=1S/C11H20O2S/c1-4-13-10(12)11(2,3)14-8-9-6-5-7-9/h9H,4-8H2,1-3H3. The van der Waals surface area contributed by atoms with Crippen molar-refractivity contribution < 1.29 is 9.53 Å². The lowest BCUT2D eigenvalue weighted by Crippen LogP contribution is -2.31. The first-order valence-electron chi connectivity index (χ1n) is 5.37. The monoisotopic (exact) mass is 216 g/mol. The molecule has 82 valence electrons. The number of thioether (sulfide) groups is 1. The lowest BCUT2D eigenvalue weighted by molar-refractivity contribution is -0.145. The van der Waals surface area contributed by atoms with Crippen LogP contribution in [-0.2, 0) is 9.53 Å². The predicted octanol–water partition coefficient (Wildman–Crippen LogP) is 2.86. The predicted molar refractivity (Wildman–Crippen MR) is 60.5 cm³/mol. The zero-order valence-electron chi connectivity index (χ0n) is 9.34. The molecule has 0 bridgehead atoms. The second-order valence-corrected chi connectivity index (χ2v) is 5.98. The van der Waals surface area contributed by atoms with Crippen molar-refractivity contribution in [3.05, 3.63) is 0 Å². The molecule has 0 saturated heterocycles. The summed E-state index contributed by atoms with van der Waals surface area (Å²) < 4.78 is 4.66. The first-order chi connectivity index (χ1) is 6.56. The van der Waals surface area contributed by atoms with Crippen molar-refractivity contribution in [3.8, 4) is 0 Å². The van der Waals surface area contributed by atoms with Crippen molar-refractivity contribution in [2.45, 2.75) is 44.8 Å². The average molecular weight is 216 g/mol. The molecule has 0 aromatic heterocycles. The molecule has 0 heterocycles. The highest BCUT2D eigenvalue weighted by Gasteiger charge is 2.31. The van der Waals surface area contributed by atoms with E-state index in [4.69, 9.17) is 4.74 Å². The Labute approximate surface area is 90.8 Å². The van der Waals surface area contributed by atoms with Gasteiger partial charge >= 0.3 is 5.97 Å². The Bertz CT molecular complexity index is 197. The Hall–Kier alpha value is -0.180. The number of rotatable bonds is 5. The van der Waals surface area contributed by atoms with Crippen LogP contribution in [0, 0.1) is 5.92 Å². The van der Waals surface area contributed by atoms with Gasteiger partial charge in [0.15, 0.2) is 0 Å². The van der Waals surface area contributed by atoms with Crippen molar-refractivity contribution >= 4 is 17.7 Å². The van der Waals surface area contributed by atoms with E-state index in [9.17, 15) is 4.79 Å². The normalized spacial score (nSPS) is 17.6. The van der Waals surface area contributed by atoms with Crippen molar-refractivity contribution in [3.63, 3.8) is 0 Å². The Balaban J connectivity index is 2.27. The van der Waals surface area contributed by atoms with E-state index in [1.807, 2.05) is 20.8 Å². The summed E-state index contributed by atoms with van der Waals surface area (Å²) in [6.45, 7) is 6.24. The summed E-state index contributed by atoms with van der Waals surface area (Å²) in [5.41, 5.74) is 0. The summed E-state index contributed by atoms with van der Waals surface area (Å²) in [7, 11) is 0. The average Bonchev–Trinajstić information content (AvgIpc) is 2.01. The minimum absolute atomic E-state index is 0.0793. The van der Waals surface area contributed by atoms with Gasteiger partial charge in [-0.3, -0.25) is 4.79 Å². The van der Waals surface area contributed by atoms with Crippen LogP contribution >= 0.6 is 11.8 Å². The summed E-state index contributed by atoms with van der Waals surface area (Å²) >= 11 is 1.74. The van der Waals surface area contributed by atoms with Crippen molar-refractivity contribution in [1.82, 2.24) is 0 Å². The second-order valence-electron chi connectivity index (χ2n) is 4.34. The van der Waals surface area contributed by atoms with Crippen LogP contribution in [0.15, 0.2) is 0 Å². The molecular formula is C11H20O2S. The van der Waals surface area contributed by atoms with Crippen LogP contribution in [0.25, 0.3) is 0 Å². The largest absolute Gasteiger partial charge is 0.465 e. The smallest absolute Gasteiger partial charge is 0.321 e. The van der Waals surface area contributed by atoms with Crippen molar-refractivity contribution in [1.29, 1.82) is 0 Å². The Morgan fingerprint density at radius 1 is 1.50 bits per heavy atom. The fraction of sp³-hybridized carbons (Fsp3) is 0.909. The second kappa shape index (κ2) is 5.06. The third kappa shape index (κ3) is 3.19. The van der Waals surface area contributed by atoms with E-state index in [0.717, 1.165) is 11.7 Å². The van der Waals surface area contributed by atoms with Crippen molar-refractivity contribution in [2.24, 2.45) is 5.92 Å². The van der Waals surface area contributed by atoms with Crippen LogP contribution in [0.3, 0.4) is 0 Å². The quantitative estimate of drug-likeness (QED) is 0.661. The number of hydrogen-bond acceptors (Lipinski definition) is 3. The van der Waals surface area contributed by atoms with Gasteiger partial charge in [-0.1, -0.05) is 6.42 Å². The van der Waals surface area contributed by atoms with Gasteiger partial charge in [-0.05, 0) is 45.3 Å². The highest BCUT2D eigenvalue weighted by atomic mass is 32.2. The molecule has 0 N–H and O–H groups in total. The van der Waals surface area contributed by atoms with Gasteiger partial charge in [-0.2, -0.15) is 0 Å². The SMILES string of the molecule is CCOC(=O)C(C)(C)SCC1CCC1. The first kappa shape index (κ1) is 11.9. The number of carbonyl (C=O) groups excluding carboxylic acids is 1. The highest BCUT2D eigenvalue weighted by molar-refractivity contribution is 8.01. The number of esters is 1. The molecule has 0 spiro atoms. The number of carbonyl (C=O) groups is 1. The Kier molecular flexibility index (Phi) is 4.30. The van der Waals surface area contributed by atoms with Gasteiger partial charge in [-0.15, -0.1) is 11.8 Å². The van der Waals surface area contributed by atoms with E-state index >= 15 is 0 Å². The molecule has 0 amide bonds. The van der Waals surface area contributed by atoms with Gasteiger partial charge in [0.2, 0.25) is 0 Å². The lowest BCUT2D eigenvalue weighted by atomic mass is 9.87. The fourth-order valence-corrected chi connectivity index (χ4v) is 2.51. The minimum Gasteiger partial charge on any atom is -0.465 e. The molecule has 1 aliphatic carbocycles. The summed E-state index contributed by atoms with van der Waals surface area (Å²) in [6.07, 6.45) is 4.04. The van der Waals surface area contributed by atoms with Gasteiger partial charge in [0.05, 0.1) is 6.61 Å². The van der Waals surface area contributed by atoms with Gasteiger partial charge in [0.1, 0.15) is 4.75 Å². The van der Waals surface area contributed by atoms with E-state index in [1.54, 1.807) is 11.8 Å². The number of ether oxygens (including phenoxy) is 1. The molecule has 0 unspecified atom stereocenters. The van der Waals surface area contributed by atoms with Gasteiger partial charge < -0.3 is 4.74 Å². The molecule has 0 aromatic carbocycles. The zero-order valence-corrected chi connectivity index (χ0v) is 10.2. The summed E-state index contributed by atoms with van der Waals surface area (Å²) in [4.78, 5) is 11.5. The van der Waals surface area contributed by atoms with E-state index in [0.29, 0.717) is 6.61 Å². The van der Waals surface area contributed by atoms with Crippen LogP contribution in [0.4, 0.5) is 0 Å². The van der Waals surface area contributed by atoms with Crippen LogP contribution in [0.5, 0.6) is 0 Å². The lowest BCUT2D eigenvalue weighted by Gasteiger charge is -2.29. The van der Waals surface area contributed by atoms with Crippen LogP contribution in [-0.4, -0.2) is 23.1 Å². The topological polar surface area (TPSA) is 26.3 Å². The Morgan fingerprint density at radius 2 is 2.14 bits per heavy atom. The molecule has 3 heteroatoms. The summed E-state index contributed by atoms with van der Waals surface area (Å²) in [5, 5.41) is 0. The van der Waals surface area contributed by atoms with E-state index in [1.165, 1.54) is 19.3 Å². The molecule has 0 atom stereocenters. The molecule has 1 aliphatic rings. The summed E-state index contributed by atoms with van der Waals surface area (Å²) in [5.74, 6) is 1.87. The van der Waals surface area contributed by atoms with Gasteiger partial charge in [-0.25, -0.2) is 0 Å². The molecule has 14 heavy (non-hydrogen) atoms. The minimum atomic E-state index is -0.369. The van der Waals surface area contributed by atoms with E-state index in [2.05, 4.69) is 0 Å². The third-order valence-corrected chi connectivity index (χ3v) is 4.20. The Morgan fingerprint density at radius 3 is 2.57 bits per heavy atom. The van der Waals surface area contributed by atoms with Crippen LogP contribution in [0.2, 0.25) is 0 Å². The molecule has 1 fully saturated rings. The van der Waals surface area contributed by atoms with E-state index < -0.39 is 0 Å². The molecule has 0 radical (unpaired) electrons. The third-order valence-electron chi connectivity index (χ3n) is 2.67. The number of hydrogen-bond donors (Lipinski definition) is 0. The molecular weight excluding hydrogens is 196 g/mol. The van der Waals surface area contributed by atoms with Gasteiger partial charge in [0, 0.05) is 0 Å².